The van der Waals surface area contributed by atoms with Crippen LogP contribution < -0.4 is 4.90 Å². The summed E-state index contributed by atoms with van der Waals surface area (Å²) in [4.78, 5) is 10.1. The average Bonchev–Trinajstić information content (AvgIpc) is 2.29. The molecule has 0 radical (unpaired) electrons. The molecule has 0 N–H and O–H groups in total. The predicted octanol–water partition coefficient (Wildman–Crippen LogP) is 2.90. The first-order valence-corrected chi connectivity index (χ1v) is 4.91. The maximum atomic E-state index is 5.78. The van der Waals surface area contributed by atoms with Crippen molar-refractivity contribution in [2.24, 2.45) is 0 Å². The third-order valence-electron chi connectivity index (χ3n) is 2.08. The van der Waals surface area contributed by atoms with Crippen molar-refractivity contribution in [2.75, 3.05) is 11.9 Å². The number of halogens is 1. The van der Waals surface area contributed by atoms with E-state index in [0.717, 1.165) is 11.5 Å². The normalized spacial score (nSPS) is 10.0. The van der Waals surface area contributed by atoms with Gasteiger partial charge in [-0.2, -0.15) is 0 Å². The summed E-state index contributed by atoms with van der Waals surface area (Å²) < 4.78 is 0. The number of para-hydroxylation sites is 1. The first kappa shape index (κ1) is 9.93. The van der Waals surface area contributed by atoms with Crippen LogP contribution in [0.4, 0.5) is 11.5 Å². The van der Waals surface area contributed by atoms with Crippen molar-refractivity contribution in [3.05, 3.63) is 47.9 Å². The number of benzene rings is 1. The van der Waals surface area contributed by atoms with E-state index in [1.165, 1.54) is 6.20 Å². The smallest absolute Gasteiger partial charge is 0.153 e. The highest BCUT2D eigenvalue weighted by atomic mass is 35.5. The fourth-order valence-corrected chi connectivity index (χ4v) is 1.42. The lowest BCUT2D eigenvalue weighted by molar-refractivity contribution is 1.09. The second-order valence-electron chi connectivity index (χ2n) is 3.09. The molecule has 15 heavy (non-hydrogen) atoms. The van der Waals surface area contributed by atoms with Crippen LogP contribution in [-0.4, -0.2) is 17.0 Å². The average molecular weight is 220 g/mol. The Morgan fingerprint density at radius 3 is 2.53 bits per heavy atom. The van der Waals surface area contributed by atoms with E-state index in [4.69, 9.17) is 11.6 Å². The largest absolute Gasteiger partial charge is 0.328 e. The molecular formula is C11H10ClN3. The van der Waals surface area contributed by atoms with E-state index in [2.05, 4.69) is 9.97 Å². The predicted molar refractivity (Wildman–Crippen MR) is 61.5 cm³/mol. The zero-order valence-electron chi connectivity index (χ0n) is 8.26. The van der Waals surface area contributed by atoms with Crippen molar-refractivity contribution in [3.63, 3.8) is 0 Å². The van der Waals surface area contributed by atoms with Gasteiger partial charge in [-0.3, -0.25) is 4.98 Å². The van der Waals surface area contributed by atoms with E-state index in [-0.39, 0.29) is 0 Å². The molecule has 0 saturated carbocycles. The van der Waals surface area contributed by atoms with Crippen molar-refractivity contribution < 1.29 is 0 Å². The van der Waals surface area contributed by atoms with Crippen LogP contribution >= 0.6 is 11.6 Å². The molecule has 1 heterocycles. The number of anilines is 2. The minimum atomic E-state index is 0.398. The molecule has 1 aromatic carbocycles. The quantitative estimate of drug-likeness (QED) is 0.778. The molecule has 0 atom stereocenters. The SMILES string of the molecule is CN(c1ccccc1)c1cncc(Cl)n1. The molecule has 0 fully saturated rings. The van der Waals surface area contributed by atoms with Crippen molar-refractivity contribution >= 4 is 23.1 Å². The molecule has 2 rings (SSSR count). The Morgan fingerprint density at radius 2 is 1.87 bits per heavy atom. The summed E-state index contributed by atoms with van der Waals surface area (Å²) in [6, 6.07) is 9.93. The molecule has 3 nitrogen and oxygen atoms in total. The van der Waals surface area contributed by atoms with E-state index in [9.17, 15) is 0 Å². The third-order valence-corrected chi connectivity index (χ3v) is 2.26. The first-order valence-electron chi connectivity index (χ1n) is 4.54. The van der Waals surface area contributed by atoms with E-state index < -0.39 is 0 Å². The maximum absolute atomic E-state index is 5.78. The van der Waals surface area contributed by atoms with E-state index in [0.29, 0.717) is 5.15 Å². The van der Waals surface area contributed by atoms with Crippen LogP contribution in [-0.2, 0) is 0 Å². The van der Waals surface area contributed by atoms with Gasteiger partial charge in [0.15, 0.2) is 5.82 Å². The molecule has 0 unspecified atom stereocenters. The molecule has 1 aromatic heterocycles. The highest BCUT2D eigenvalue weighted by molar-refractivity contribution is 6.29. The summed E-state index contributed by atoms with van der Waals surface area (Å²) in [5, 5.41) is 0.398. The van der Waals surface area contributed by atoms with E-state index in [1.807, 2.05) is 42.3 Å². The highest BCUT2D eigenvalue weighted by Gasteiger charge is 2.04. The third kappa shape index (κ3) is 2.25. The molecule has 0 spiro atoms. The summed E-state index contributed by atoms with van der Waals surface area (Å²) in [6.45, 7) is 0. The standard InChI is InChI=1S/C11H10ClN3/c1-15(9-5-3-2-4-6-9)11-8-13-7-10(12)14-11/h2-8H,1H3. The fourth-order valence-electron chi connectivity index (χ4n) is 1.28. The number of hydrogen-bond donors (Lipinski definition) is 0. The lowest BCUT2D eigenvalue weighted by atomic mass is 10.3. The number of rotatable bonds is 2. The number of hydrogen-bond acceptors (Lipinski definition) is 3. The van der Waals surface area contributed by atoms with Crippen LogP contribution in [0.2, 0.25) is 5.15 Å². The summed E-state index contributed by atoms with van der Waals surface area (Å²) >= 11 is 5.78. The molecule has 2 aromatic rings. The van der Waals surface area contributed by atoms with Gasteiger partial charge in [0, 0.05) is 12.7 Å². The molecule has 0 bridgehead atoms. The second-order valence-corrected chi connectivity index (χ2v) is 3.48. The minimum Gasteiger partial charge on any atom is -0.328 e. The zero-order valence-corrected chi connectivity index (χ0v) is 9.02. The highest BCUT2D eigenvalue weighted by Crippen LogP contribution is 2.20. The summed E-state index contributed by atoms with van der Waals surface area (Å²) in [6.07, 6.45) is 3.20. The van der Waals surface area contributed by atoms with Crippen LogP contribution in [0.3, 0.4) is 0 Å². The van der Waals surface area contributed by atoms with Gasteiger partial charge in [-0.15, -0.1) is 0 Å². The topological polar surface area (TPSA) is 29.0 Å². The van der Waals surface area contributed by atoms with Crippen LogP contribution in [0.1, 0.15) is 0 Å². The Labute approximate surface area is 93.4 Å². The molecule has 76 valence electrons. The van der Waals surface area contributed by atoms with Gasteiger partial charge < -0.3 is 4.90 Å². The Kier molecular flexibility index (Phi) is 2.83. The molecule has 4 heteroatoms. The monoisotopic (exact) mass is 219 g/mol. The van der Waals surface area contributed by atoms with Gasteiger partial charge in [0.25, 0.3) is 0 Å². The van der Waals surface area contributed by atoms with Gasteiger partial charge in [-0.1, -0.05) is 29.8 Å². The van der Waals surface area contributed by atoms with Crippen LogP contribution in [0, 0.1) is 0 Å². The minimum absolute atomic E-state index is 0.398. The summed E-state index contributed by atoms with van der Waals surface area (Å²) in [5.74, 6) is 0.730. The summed E-state index contributed by atoms with van der Waals surface area (Å²) in [7, 11) is 1.93. The molecular weight excluding hydrogens is 210 g/mol. The lowest BCUT2D eigenvalue weighted by Gasteiger charge is -2.17. The van der Waals surface area contributed by atoms with Crippen LogP contribution in [0.15, 0.2) is 42.7 Å². The first-order chi connectivity index (χ1) is 7.27. The Morgan fingerprint density at radius 1 is 1.13 bits per heavy atom. The van der Waals surface area contributed by atoms with E-state index in [1.54, 1.807) is 6.20 Å². The van der Waals surface area contributed by atoms with Gasteiger partial charge in [-0.05, 0) is 12.1 Å². The van der Waals surface area contributed by atoms with Crippen molar-refractivity contribution in [2.45, 2.75) is 0 Å². The van der Waals surface area contributed by atoms with Gasteiger partial charge >= 0.3 is 0 Å². The van der Waals surface area contributed by atoms with Gasteiger partial charge in [-0.25, -0.2) is 4.98 Å². The second kappa shape index (κ2) is 4.28. The van der Waals surface area contributed by atoms with Gasteiger partial charge in [0.1, 0.15) is 5.15 Å². The lowest BCUT2D eigenvalue weighted by Crippen LogP contribution is -2.11. The van der Waals surface area contributed by atoms with Crippen molar-refractivity contribution in [3.8, 4) is 0 Å². The summed E-state index contributed by atoms with van der Waals surface area (Å²) in [5.41, 5.74) is 1.05. The van der Waals surface area contributed by atoms with Crippen LogP contribution in [0.25, 0.3) is 0 Å². The molecule has 0 amide bonds. The van der Waals surface area contributed by atoms with Gasteiger partial charge in [0.2, 0.25) is 0 Å². The fraction of sp³-hybridized carbons (Fsp3) is 0.0909. The van der Waals surface area contributed by atoms with Crippen LogP contribution in [0.5, 0.6) is 0 Å². The van der Waals surface area contributed by atoms with Crippen molar-refractivity contribution in [1.29, 1.82) is 0 Å². The maximum Gasteiger partial charge on any atom is 0.153 e. The van der Waals surface area contributed by atoms with E-state index >= 15 is 0 Å². The molecule has 0 aliphatic carbocycles. The van der Waals surface area contributed by atoms with Crippen molar-refractivity contribution in [1.82, 2.24) is 9.97 Å². The Balaban J connectivity index is 2.32. The molecule has 0 saturated heterocycles. The van der Waals surface area contributed by atoms with Gasteiger partial charge in [0.05, 0.1) is 12.4 Å². The Bertz CT molecular complexity index is 445. The number of aromatic nitrogens is 2. The Hall–Kier alpha value is -1.61. The molecule has 0 aliphatic rings. The molecule has 0 aliphatic heterocycles. The number of nitrogens with zero attached hydrogens (tertiary/aromatic N) is 3. The zero-order chi connectivity index (χ0) is 10.7.